The summed E-state index contributed by atoms with van der Waals surface area (Å²) in [5, 5.41) is 12.4. The Balaban J connectivity index is 2.40. The molecule has 0 aromatic heterocycles. The van der Waals surface area contributed by atoms with Crippen LogP contribution in [-0.2, 0) is 0 Å². The van der Waals surface area contributed by atoms with Crippen molar-refractivity contribution in [2.24, 2.45) is 0 Å². The molecule has 3 heteroatoms. The maximum absolute atomic E-state index is 11.6. The molecule has 0 aliphatic carbocycles. The first-order valence-corrected chi connectivity index (χ1v) is 5.27. The maximum atomic E-state index is 11.6. The Morgan fingerprint density at radius 2 is 2.20 bits per heavy atom. The Bertz CT molecular complexity index is 323. The lowest BCUT2D eigenvalue weighted by Gasteiger charge is -2.03. The predicted molar refractivity (Wildman–Crippen MR) is 60.2 cm³/mol. The van der Waals surface area contributed by atoms with Crippen LogP contribution in [0.4, 0.5) is 0 Å². The number of hydrogen-bond donors (Lipinski definition) is 2. The van der Waals surface area contributed by atoms with Crippen LogP contribution in [0.2, 0.25) is 0 Å². The van der Waals surface area contributed by atoms with E-state index in [1.807, 2.05) is 0 Å². The molecule has 0 heterocycles. The van der Waals surface area contributed by atoms with Gasteiger partial charge in [-0.1, -0.05) is 19.1 Å². The van der Waals surface area contributed by atoms with Crippen molar-refractivity contribution in [1.29, 1.82) is 0 Å². The summed E-state index contributed by atoms with van der Waals surface area (Å²) >= 11 is 0. The van der Waals surface area contributed by atoms with Crippen LogP contribution in [0.5, 0.6) is 5.75 Å². The molecule has 0 fully saturated rings. The van der Waals surface area contributed by atoms with Crippen LogP contribution in [0.15, 0.2) is 24.3 Å². The van der Waals surface area contributed by atoms with Gasteiger partial charge in [0.25, 0.3) is 0 Å². The highest BCUT2D eigenvalue weighted by molar-refractivity contribution is 5.96. The zero-order valence-electron chi connectivity index (χ0n) is 8.99. The van der Waals surface area contributed by atoms with Crippen LogP contribution in [-0.4, -0.2) is 24.0 Å². The number of carbonyl (C=O) groups is 1. The van der Waals surface area contributed by atoms with Gasteiger partial charge in [-0.3, -0.25) is 4.79 Å². The summed E-state index contributed by atoms with van der Waals surface area (Å²) in [6.45, 7) is 3.72. The van der Waals surface area contributed by atoms with E-state index in [4.69, 9.17) is 0 Å². The summed E-state index contributed by atoms with van der Waals surface area (Å²) < 4.78 is 0. The maximum Gasteiger partial charge on any atom is 0.164 e. The van der Waals surface area contributed by atoms with Crippen molar-refractivity contribution >= 4 is 5.78 Å². The van der Waals surface area contributed by atoms with E-state index >= 15 is 0 Å². The van der Waals surface area contributed by atoms with Crippen LogP contribution >= 0.6 is 0 Å². The van der Waals surface area contributed by atoms with Crippen LogP contribution < -0.4 is 5.32 Å². The first kappa shape index (κ1) is 11.7. The molecule has 1 aromatic rings. The van der Waals surface area contributed by atoms with Gasteiger partial charge in [-0.05, 0) is 25.1 Å². The minimum Gasteiger partial charge on any atom is -0.508 e. The molecule has 0 radical (unpaired) electrons. The number of Topliss-reactive ketones (excluding diaryl/α,β-unsaturated/α-hetero) is 1. The van der Waals surface area contributed by atoms with Crippen LogP contribution in [0.25, 0.3) is 0 Å². The molecule has 0 spiro atoms. The molecule has 82 valence electrons. The molecule has 0 amide bonds. The van der Waals surface area contributed by atoms with Crippen molar-refractivity contribution in [2.75, 3.05) is 13.1 Å². The van der Waals surface area contributed by atoms with Gasteiger partial charge in [0.05, 0.1) is 0 Å². The van der Waals surface area contributed by atoms with Gasteiger partial charge < -0.3 is 10.4 Å². The van der Waals surface area contributed by atoms with Gasteiger partial charge in [-0.15, -0.1) is 0 Å². The number of nitrogens with one attached hydrogen (secondary N) is 1. The second-order valence-corrected chi connectivity index (χ2v) is 3.47. The van der Waals surface area contributed by atoms with Gasteiger partial charge in [-0.25, -0.2) is 0 Å². The van der Waals surface area contributed by atoms with E-state index in [2.05, 4.69) is 12.2 Å². The number of aromatic hydroxyl groups is 1. The van der Waals surface area contributed by atoms with Crippen LogP contribution in [0.1, 0.15) is 30.1 Å². The zero-order chi connectivity index (χ0) is 11.1. The molecule has 0 aliphatic rings. The fraction of sp³-hybridized carbons (Fsp3) is 0.417. The van der Waals surface area contributed by atoms with E-state index in [-0.39, 0.29) is 11.5 Å². The molecule has 2 N–H and O–H groups in total. The van der Waals surface area contributed by atoms with E-state index < -0.39 is 0 Å². The highest BCUT2D eigenvalue weighted by atomic mass is 16.3. The number of hydrogen-bond acceptors (Lipinski definition) is 3. The van der Waals surface area contributed by atoms with Crippen molar-refractivity contribution in [3.8, 4) is 5.75 Å². The number of phenols is 1. The Morgan fingerprint density at radius 3 is 2.87 bits per heavy atom. The third-order valence-corrected chi connectivity index (χ3v) is 2.12. The fourth-order valence-electron chi connectivity index (χ4n) is 1.33. The SMILES string of the molecule is CCCNCCC(=O)c1cccc(O)c1. The summed E-state index contributed by atoms with van der Waals surface area (Å²) in [5.74, 6) is 0.205. The number of carbonyl (C=O) groups excluding carboxylic acids is 1. The molecule has 15 heavy (non-hydrogen) atoms. The number of benzene rings is 1. The molecule has 3 nitrogen and oxygen atoms in total. The van der Waals surface area contributed by atoms with Crippen molar-refractivity contribution in [2.45, 2.75) is 19.8 Å². The number of rotatable bonds is 6. The van der Waals surface area contributed by atoms with Crippen molar-refractivity contribution in [1.82, 2.24) is 5.32 Å². The monoisotopic (exact) mass is 207 g/mol. The van der Waals surface area contributed by atoms with E-state index in [9.17, 15) is 9.90 Å². The number of ketones is 1. The molecule has 0 saturated carbocycles. The first-order chi connectivity index (χ1) is 7.24. The Kier molecular flexibility index (Phi) is 4.84. The molecule has 0 unspecified atom stereocenters. The lowest BCUT2D eigenvalue weighted by molar-refractivity contribution is 0.0982. The van der Waals surface area contributed by atoms with Crippen molar-refractivity contribution in [3.05, 3.63) is 29.8 Å². The minimum atomic E-state index is 0.0644. The van der Waals surface area contributed by atoms with Gasteiger partial charge in [-0.2, -0.15) is 0 Å². The molecule has 1 rings (SSSR count). The lowest BCUT2D eigenvalue weighted by atomic mass is 10.1. The summed E-state index contributed by atoms with van der Waals surface area (Å²) in [4.78, 5) is 11.6. The fourth-order valence-corrected chi connectivity index (χ4v) is 1.33. The first-order valence-electron chi connectivity index (χ1n) is 5.27. The van der Waals surface area contributed by atoms with E-state index in [1.54, 1.807) is 18.2 Å². The average molecular weight is 207 g/mol. The Hall–Kier alpha value is -1.35. The van der Waals surface area contributed by atoms with Gasteiger partial charge in [0.1, 0.15) is 5.75 Å². The van der Waals surface area contributed by atoms with Crippen molar-refractivity contribution in [3.63, 3.8) is 0 Å². The van der Waals surface area contributed by atoms with Crippen LogP contribution in [0, 0.1) is 0 Å². The second kappa shape index (κ2) is 6.19. The zero-order valence-corrected chi connectivity index (χ0v) is 8.99. The van der Waals surface area contributed by atoms with Gasteiger partial charge in [0, 0.05) is 18.5 Å². The Morgan fingerprint density at radius 1 is 1.40 bits per heavy atom. The predicted octanol–water partition coefficient (Wildman–Crippen LogP) is 1.96. The molecule has 0 bridgehead atoms. The van der Waals surface area contributed by atoms with Crippen LogP contribution in [0.3, 0.4) is 0 Å². The summed E-state index contributed by atoms with van der Waals surface area (Å²) in [7, 11) is 0. The largest absolute Gasteiger partial charge is 0.508 e. The summed E-state index contributed by atoms with van der Waals surface area (Å²) in [6, 6.07) is 6.47. The smallest absolute Gasteiger partial charge is 0.164 e. The Labute approximate surface area is 90.1 Å². The highest BCUT2D eigenvalue weighted by Crippen LogP contribution is 2.12. The van der Waals surface area contributed by atoms with Crippen molar-refractivity contribution < 1.29 is 9.90 Å². The normalized spacial score (nSPS) is 10.2. The standard InChI is InChI=1S/C12H17NO2/c1-2-7-13-8-6-12(15)10-4-3-5-11(14)9-10/h3-5,9,13-14H,2,6-8H2,1H3. The van der Waals surface area contributed by atoms with E-state index in [1.165, 1.54) is 6.07 Å². The molecule has 0 aliphatic heterocycles. The van der Waals surface area contributed by atoms with E-state index in [0.29, 0.717) is 18.5 Å². The highest BCUT2D eigenvalue weighted by Gasteiger charge is 2.05. The second-order valence-electron chi connectivity index (χ2n) is 3.47. The third kappa shape index (κ3) is 4.13. The quantitative estimate of drug-likeness (QED) is 0.554. The van der Waals surface area contributed by atoms with Gasteiger partial charge >= 0.3 is 0 Å². The molecule has 0 atom stereocenters. The lowest BCUT2D eigenvalue weighted by Crippen LogP contribution is -2.18. The topological polar surface area (TPSA) is 49.3 Å². The van der Waals surface area contributed by atoms with Gasteiger partial charge in [0.15, 0.2) is 5.78 Å². The number of phenolic OH excluding ortho intramolecular Hbond substituents is 1. The third-order valence-electron chi connectivity index (χ3n) is 2.12. The van der Waals surface area contributed by atoms with E-state index in [0.717, 1.165) is 13.0 Å². The molecular formula is C12H17NO2. The molecular weight excluding hydrogens is 190 g/mol. The summed E-state index contributed by atoms with van der Waals surface area (Å²) in [6.07, 6.45) is 1.55. The molecule has 1 aromatic carbocycles. The summed E-state index contributed by atoms with van der Waals surface area (Å²) in [5.41, 5.74) is 0.577. The van der Waals surface area contributed by atoms with Gasteiger partial charge in [0.2, 0.25) is 0 Å². The minimum absolute atomic E-state index is 0.0644. The molecule has 0 saturated heterocycles. The average Bonchev–Trinajstić information content (AvgIpc) is 2.24.